The van der Waals surface area contributed by atoms with E-state index in [2.05, 4.69) is 51.8 Å². The van der Waals surface area contributed by atoms with E-state index in [0.717, 1.165) is 0 Å². The molecular weight excluding hydrogens is 168 g/mol. The second-order valence-corrected chi connectivity index (χ2v) is 2.51. The van der Waals surface area contributed by atoms with Crippen LogP contribution in [-0.2, 0) is 0 Å². The van der Waals surface area contributed by atoms with Crippen molar-refractivity contribution in [1.82, 2.24) is 0 Å². The van der Waals surface area contributed by atoms with Gasteiger partial charge in [0.2, 0.25) is 0 Å². The third-order valence-electron chi connectivity index (χ3n) is 1.75. The van der Waals surface area contributed by atoms with Gasteiger partial charge in [0.05, 0.1) is 0 Å². The van der Waals surface area contributed by atoms with Gasteiger partial charge in [-0.05, 0) is 30.5 Å². The predicted octanol–water partition coefficient (Wildman–Crippen LogP) is 4.77. The molecule has 1 aromatic rings. The minimum Gasteiger partial charge on any atom is -0.106 e. The fourth-order valence-corrected chi connectivity index (χ4v) is 1.15. The summed E-state index contributed by atoms with van der Waals surface area (Å²) < 4.78 is 0. The Morgan fingerprint density at radius 3 is 1.57 bits per heavy atom. The van der Waals surface area contributed by atoms with Crippen LogP contribution >= 0.6 is 0 Å². The molecule has 0 nitrogen and oxygen atoms in total. The second-order valence-electron chi connectivity index (χ2n) is 2.51. The molecule has 0 heterocycles. The summed E-state index contributed by atoms with van der Waals surface area (Å²) in [7, 11) is 0. The van der Waals surface area contributed by atoms with Gasteiger partial charge in [-0.15, -0.1) is 13.2 Å². The summed E-state index contributed by atoms with van der Waals surface area (Å²) in [5.74, 6) is 0. The maximum Gasteiger partial charge on any atom is -0.0204 e. The van der Waals surface area contributed by atoms with Crippen molar-refractivity contribution < 1.29 is 0 Å². The zero-order chi connectivity index (χ0) is 11.6. The van der Waals surface area contributed by atoms with Crippen molar-refractivity contribution in [3.63, 3.8) is 0 Å². The molecule has 0 bridgehead atoms. The molecule has 0 spiro atoms. The Balaban J connectivity index is 0. The Hall–Kier alpha value is -1.30. The first-order valence-corrected chi connectivity index (χ1v) is 4.94. The zero-order valence-electron chi connectivity index (χ0n) is 9.93. The van der Waals surface area contributed by atoms with E-state index in [4.69, 9.17) is 0 Å². The van der Waals surface area contributed by atoms with Crippen molar-refractivity contribution >= 4 is 6.08 Å². The van der Waals surface area contributed by atoms with Crippen molar-refractivity contribution in [3.05, 3.63) is 54.6 Å². The maximum absolute atomic E-state index is 3.75. The molecule has 0 amide bonds. The van der Waals surface area contributed by atoms with Crippen molar-refractivity contribution in [2.75, 3.05) is 0 Å². The Morgan fingerprint density at radius 2 is 1.36 bits per heavy atom. The highest BCUT2D eigenvalue weighted by molar-refractivity contribution is 5.55. The van der Waals surface area contributed by atoms with Crippen LogP contribution in [0.25, 0.3) is 6.08 Å². The van der Waals surface area contributed by atoms with E-state index in [9.17, 15) is 0 Å². The number of hydrogen-bond acceptors (Lipinski definition) is 0. The van der Waals surface area contributed by atoms with E-state index < -0.39 is 0 Å². The van der Waals surface area contributed by atoms with Gasteiger partial charge in [-0.3, -0.25) is 0 Å². The largest absolute Gasteiger partial charge is 0.106 e. The molecule has 0 aliphatic heterocycles. The van der Waals surface area contributed by atoms with Crippen LogP contribution in [0, 0.1) is 13.8 Å². The van der Waals surface area contributed by atoms with Crippen molar-refractivity contribution in [3.8, 4) is 0 Å². The smallest absolute Gasteiger partial charge is 0.0204 e. The van der Waals surface area contributed by atoms with Gasteiger partial charge < -0.3 is 0 Å². The second kappa shape index (κ2) is 9.79. The van der Waals surface area contributed by atoms with E-state index in [0.29, 0.717) is 0 Å². The summed E-state index contributed by atoms with van der Waals surface area (Å²) in [4.78, 5) is 0. The molecule has 0 saturated carbocycles. The fourth-order valence-electron chi connectivity index (χ4n) is 1.15. The minimum atomic E-state index is 1.27. The van der Waals surface area contributed by atoms with Crippen molar-refractivity contribution in [1.29, 1.82) is 0 Å². The van der Waals surface area contributed by atoms with E-state index in [1.165, 1.54) is 16.7 Å². The third-order valence-corrected chi connectivity index (χ3v) is 1.75. The Labute approximate surface area is 89.0 Å². The first-order valence-electron chi connectivity index (χ1n) is 4.94. The highest BCUT2D eigenvalue weighted by atomic mass is 14.0. The summed E-state index contributed by atoms with van der Waals surface area (Å²) in [6.07, 6.45) is 1.91. The molecule has 1 aromatic carbocycles. The van der Waals surface area contributed by atoms with Gasteiger partial charge in [-0.2, -0.15) is 0 Å². The van der Waals surface area contributed by atoms with Crippen molar-refractivity contribution in [2.24, 2.45) is 0 Å². The number of benzene rings is 1. The lowest BCUT2D eigenvalue weighted by Crippen LogP contribution is -1.83. The van der Waals surface area contributed by atoms with E-state index >= 15 is 0 Å². The van der Waals surface area contributed by atoms with Crippen molar-refractivity contribution in [2.45, 2.75) is 27.7 Å². The van der Waals surface area contributed by atoms with E-state index in [1.54, 1.807) is 0 Å². The number of hydrogen-bond donors (Lipinski definition) is 0. The van der Waals surface area contributed by atoms with Gasteiger partial charge in [0, 0.05) is 0 Å². The Bertz CT molecular complexity index is 238. The molecule has 0 aliphatic carbocycles. The fraction of sp³-hybridized carbons (Fsp3) is 0.286. The van der Waals surface area contributed by atoms with Crippen LogP contribution in [0.15, 0.2) is 37.9 Å². The average molecular weight is 190 g/mol. The first kappa shape index (κ1) is 15.2. The third kappa shape index (κ3) is 4.66. The molecule has 0 aromatic heterocycles. The molecule has 0 aliphatic rings. The molecule has 0 atom stereocenters. The Morgan fingerprint density at radius 1 is 1.00 bits per heavy atom. The van der Waals surface area contributed by atoms with Gasteiger partial charge in [-0.1, -0.05) is 44.7 Å². The SMILES string of the molecule is C=C.C=Cc1c(C)cccc1C.CC. The normalized spacial score (nSPS) is 7.43. The van der Waals surface area contributed by atoms with Crippen LogP contribution in [0.1, 0.15) is 30.5 Å². The van der Waals surface area contributed by atoms with Crippen LogP contribution in [0.4, 0.5) is 0 Å². The summed E-state index contributed by atoms with van der Waals surface area (Å²) in [5.41, 5.74) is 3.87. The lowest BCUT2D eigenvalue weighted by molar-refractivity contribution is 1.36. The lowest BCUT2D eigenvalue weighted by atomic mass is 10.0. The lowest BCUT2D eigenvalue weighted by Gasteiger charge is -2.02. The average Bonchev–Trinajstić information content (AvgIpc) is 2.24. The monoisotopic (exact) mass is 190 g/mol. The molecule has 0 heteroatoms. The van der Waals surface area contributed by atoms with Gasteiger partial charge in [-0.25, -0.2) is 0 Å². The summed E-state index contributed by atoms with van der Waals surface area (Å²) in [5, 5.41) is 0. The van der Waals surface area contributed by atoms with Gasteiger partial charge >= 0.3 is 0 Å². The standard InChI is InChI=1S/C10H12.C2H6.C2H4/c1-4-10-8(2)6-5-7-9(10)3;2*1-2/h4-7H,1H2,2-3H3;1-2H3;1-2H2. The molecule has 0 radical (unpaired) electrons. The van der Waals surface area contributed by atoms with Gasteiger partial charge in [0.15, 0.2) is 0 Å². The summed E-state index contributed by atoms with van der Waals surface area (Å²) in [6, 6.07) is 6.27. The molecule has 0 N–H and O–H groups in total. The molecule has 78 valence electrons. The molecule has 14 heavy (non-hydrogen) atoms. The van der Waals surface area contributed by atoms with Gasteiger partial charge in [0.25, 0.3) is 0 Å². The summed E-state index contributed by atoms with van der Waals surface area (Å²) >= 11 is 0. The molecular formula is C14H22. The quantitative estimate of drug-likeness (QED) is 0.559. The van der Waals surface area contributed by atoms with E-state index in [-0.39, 0.29) is 0 Å². The topological polar surface area (TPSA) is 0 Å². The maximum atomic E-state index is 3.75. The predicted molar refractivity (Wildman–Crippen MR) is 68.6 cm³/mol. The van der Waals surface area contributed by atoms with E-state index in [1.807, 2.05) is 19.9 Å². The first-order chi connectivity index (χ1) is 6.75. The van der Waals surface area contributed by atoms with Crippen LogP contribution in [0.2, 0.25) is 0 Å². The highest BCUT2D eigenvalue weighted by Gasteiger charge is 1.94. The molecule has 0 unspecified atom stereocenters. The number of aryl methyl sites for hydroxylation is 2. The molecule has 1 rings (SSSR count). The number of rotatable bonds is 1. The molecule has 0 saturated heterocycles. The minimum absolute atomic E-state index is 1.27. The van der Waals surface area contributed by atoms with Crippen LogP contribution in [-0.4, -0.2) is 0 Å². The Kier molecular flexibility index (Phi) is 10.6. The van der Waals surface area contributed by atoms with Crippen LogP contribution in [0.3, 0.4) is 0 Å². The van der Waals surface area contributed by atoms with Crippen LogP contribution < -0.4 is 0 Å². The summed E-state index contributed by atoms with van der Waals surface area (Å²) in [6.45, 7) is 18.0. The van der Waals surface area contributed by atoms with Crippen LogP contribution in [0.5, 0.6) is 0 Å². The van der Waals surface area contributed by atoms with Gasteiger partial charge in [0.1, 0.15) is 0 Å². The highest BCUT2D eigenvalue weighted by Crippen LogP contribution is 2.13. The molecule has 0 fully saturated rings. The zero-order valence-corrected chi connectivity index (χ0v) is 9.93.